The summed E-state index contributed by atoms with van der Waals surface area (Å²) >= 11 is 9.11. The molecule has 2 aromatic rings. The zero-order chi connectivity index (χ0) is 14.5. The van der Waals surface area contributed by atoms with Crippen LogP contribution in [0.3, 0.4) is 0 Å². The van der Waals surface area contributed by atoms with Crippen LogP contribution in [0, 0.1) is 0 Å². The van der Waals surface area contributed by atoms with E-state index in [0.717, 1.165) is 4.47 Å². The first-order valence-electron chi connectivity index (χ1n) is 5.96. The Morgan fingerprint density at radius 1 is 1.30 bits per heavy atom. The largest absolute Gasteiger partial charge is 0.490 e. The molecule has 0 saturated heterocycles. The van der Waals surface area contributed by atoms with E-state index in [1.165, 1.54) is 0 Å². The van der Waals surface area contributed by atoms with Crippen molar-refractivity contribution in [3.63, 3.8) is 0 Å². The fraction of sp³-hybridized carbons (Fsp3) is 0.286. The average molecular weight is 362 g/mol. The molecule has 4 nitrogen and oxygen atoms in total. The van der Waals surface area contributed by atoms with E-state index in [1.807, 2.05) is 0 Å². The highest BCUT2D eigenvalue weighted by atomic mass is 79.9. The number of ether oxygens (including phenoxy) is 2. The van der Waals surface area contributed by atoms with E-state index >= 15 is 0 Å². The van der Waals surface area contributed by atoms with Crippen molar-refractivity contribution in [1.29, 1.82) is 0 Å². The van der Waals surface area contributed by atoms with Crippen LogP contribution in [-0.2, 0) is 4.74 Å². The topological polar surface area (TPSA) is 51.8 Å². The van der Waals surface area contributed by atoms with Gasteiger partial charge in [-0.1, -0.05) is 6.07 Å². The Morgan fingerprint density at radius 3 is 2.70 bits per heavy atom. The summed E-state index contributed by atoms with van der Waals surface area (Å²) in [7, 11) is 1.62. The van der Waals surface area contributed by atoms with Crippen molar-refractivity contribution in [1.82, 2.24) is 0 Å². The third kappa shape index (κ3) is 3.76. The molecule has 1 heterocycles. The van der Waals surface area contributed by atoms with Crippen LogP contribution in [0.1, 0.15) is 17.4 Å². The molecule has 1 unspecified atom stereocenters. The Balaban J connectivity index is 2.12. The number of halogens is 2. The summed E-state index contributed by atoms with van der Waals surface area (Å²) in [5.41, 5.74) is 0.682. The van der Waals surface area contributed by atoms with Gasteiger partial charge in [-0.05, 0) is 57.4 Å². The average Bonchev–Trinajstić information content (AvgIpc) is 2.86. The lowest BCUT2D eigenvalue weighted by Crippen LogP contribution is -2.05. The second-order valence-corrected chi connectivity index (χ2v) is 5.30. The summed E-state index contributed by atoms with van der Waals surface area (Å²) in [4.78, 5) is 0. The number of methoxy groups -OCH3 is 1. The molecule has 1 atom stereocenters. The van der Waals surface area contributed by atoms with E-state index in [1.54, 1.807) is 37.4 Å². The van der Waals surface area contributed by atoms with Crippen molar-refractivity contribution in [2.45, 2.75) is 6.10 Å². The highest BCUT2D eigenvalue weighted by Crippen LogP contribution is 2.32. The number of aliphatic hydroxyl groups is 1. The Morgan fingerprint density at radius 2 is 2.10 bits per heavy atom. The van der Waals surface area contributed by atoms with Crippen LogP contribution < -0.4 is 4.74 Å². The van der Waals surface area contributed by atoms with Gasteiger partial charge in [-0.15, -0.1) is 0 Å². The molecule has 108 valence electrons. The van der Waals surface area contributed by atoms with Gasteiger partial charge in [-0.25, -0.2) is 0 Å². The first-order chi connectivity index (χ1) is 9.61. The monoisotopic (exact) mass is 360 g/mol. The Hall–Kier alpha value is -1.01. The van der Waals surface area contributed by atoms with E-state index in [-0.39, 0.29) is 5.22 Å². The van der Waals surface area contributed by atoms with Crippen molar-refractivity contribution in [3.8, 4) is 5.75 Å². The van der Waals surface area contributed by atoms with Gasteiger partial charge < -0.3 is 19.0 Å². The molecular weight excluding hydrogens is 348 g/mol. The van der Waals surface area contributed by atoms with E-state index in [9.17, 15) is 5.11 Å². The predicted molar refractivity (Wildman–Crippen MR) is 79.3 cm³/mol. The van der Waals surface area contributed by atoms with Gasteiger partial charge in [0.1, 0.15) is 24.2 Å². The molecule has 0 saturated carbocycles. The molecule has 0 aliphatic heterocycles. The second-order valence-electron chi connectivity index (χ2n) is 4.08. The van der Waals surface area contributed by atoms with Crippen LogP contribution in [0.15, 0.2) is 39.2 Å². The molecule has 0 fully saturated rings. The first kappa shape index (κ1) is 15.4. The fourth-order valence-electron chi connectivity index (χ4n) is 1.68. The van der Waals surface area contributed by atoms with Crippen molar-refractivity contribution < 1.29 is 19.0 Å². The summed E-state index contributed by atoms with van der Waals surface area (Å²) in [6.07, 6.45) is -0.869. The Labute approximate surface area is 130 Å². The quantitative estimate of drug-likeness (QED) is 0.795. The number of aliphatic hydroxyl groups excluding tert-OH is 1. The minimum atomic E-state index is -0.869. The summed E-state index contributed by atoms with van der Waals surface area (Å²) in [5, 5.41) is 10.4. The molecule has 0 aliphatic rings. The Kier molecular flexibility index (Phi) is 5.48. The van der Waals surface area contributed by atoms with Crippen molar-refractivity contribution in [2.75, 3.05) is 20.3 Å². The normalized spacial score (nSPS) is 12.4. The van der Waals surface area contributed by atoms with Crippen LogP contribution in [0.2, 0.25) is 5.22 Å². The smallest absolute Gasteiger partial charge is 0.193 e. The Bertz CT molecular complexity index is 570. The van der Waals surface area contributed by atoms with Gasteiger partial charge in [0.2, 0.25) is 0 Å². The lowest BCUT2D eigenvalue weighted by atomic mass is 10.1. The minimum Gasteiger partial charge on any atom is -0.490 e. The van der Waals surface area contributed by atoms with E-state index in [2.05, 4.69) is 15.9 Å². The molecule has 0 radical (unpaired) electrons. The van der Waals surface area contributed by atoms with Crippen molar-refractivity contribution >= 4 is 27.5 Å². The van der Waals surface area contributed by atoms with Gasteiger partial charge in [-0.3, -0.25) is 0 Å². The molecule has 1 aromatic heterocycles. The van der Waals surface area contributed by atoms with Crippen molar-refractivity contribution in [2.24, 2.45) is 0 Å². The predicted octanol–water partition coefficient (Wildman–Crippen LogP) is 3.80. The molecule has 6 heteroatoms. The molecule has 1 N–H and O–H groups in total. The van der Waals surface area contributed by atoms with Gasteiger partial charge in [0, 0.05) is 7.11 Å². The highest BCUT2D eigenvalue weighted by molar-refractivity contribution is 9.10. The number of hydrogen-bond acceptors (Lipinski definition) is 4. The number of benzene rings is 1. The van der Waals surface area contributed by atoms with Gasteiger partial charge in [0.25, 0.3) is 0 Å². The zero-order valence-electron chi connectivity index (χ0n) is 10.8. The molecule has 0 bridgehead atoms. The lowest BCUT2D eigenvalue weighted by Gasteiger charge is -2.12. The zero-order valence-corrected chi connectivity index (χ0v) is 13.1. The van der Waals surface area contributed by atoms with Gasteiger partial charge >= 0.3 is 0 Å². The fourth-order valence-corrected chi connectivity index (χ4v) is 2.34. The summed E-state index contributed by atoms with van der Waals surface area (Å²) in [5.74, 6) is 1.09. The minimum absolute atomic E-state index is 0.248. The number of hydrogen-bond donors (Lipinski definition) is 1. The van der Waals surface area contributed by atoms with Gasteiger partial charge in [0.15, 0.2) is 5.22 Å². The molecule has 1 aromatic carbocycles. The van der Waals surface area contributed by atoms with Crippen LogP contribution in [0.5, 0.6) is 5.75 Å². The summed E-state index contributed by atoms with van der Waals surface area (Å²) < 4.78 is 16.4. The standard InChI is InChI=1S/C14H14BrClO4/c1-18-6-7-19-11-3-2-9(8-10(11)15)14(17)12-4-5-13(16)20-12/h2-5,8,14,17H,6-7H2,1H3. The van der Waals surface area contributed by atoms with E-state index < -0.39 is 6.10 Å². The molecule has 2 rings (SSSR count). The van der Waals surface area contributed by atoms with Crippen molar-refractivity contribution in [3.05, 3.63) is 51.3 Å². The number of rotatable bonds is 6. The number of furan rings is 1. The maximum absolute atomic E-state index is 10.2. The van der Waals surface area contributed by atoms with Crippen LogP contribution in [0.4, 0.5) is 0 Å². The third-order valence-electron chi connectivity index (χ3n) is 2.68. The van der Waals surface area contributed by atoms with Crippen LogP contribution >= 0.6 is 27.5 Å². The van der Waals surface area contributed by atoms with Gasteiger partial charge in [0.05, 0.1) is 11.1 Å². The molecular formula is C14H14BrClO4. The lowest BCUT2D eigenvalue weighted by molar-refractivity contribution is 0.146. The van der Waals surface area contributed by atoms with E-state index in [4.69, 9.17) is 25.5 Å². The first-order valence-corrected chi connectivity index (χ1v) is 7.13. The second kappa shape index (κ2) is 7.13. The molecule has 0 aliphatic carbocycles. The summed E-state index contributed by atoms with van der Waals surface area (Å²) in [6.45, 7) is 0.979. The maximum Gasteiger partial charge on any atom is 0.193 e. The SMILES string of the molecule is COCCOc1ccc(C(O)c2ccc(Cl)o2)cc1Br. The maximum atomic E-state index is 10.2. The molecule has 0 amide bonds. The molecule has 0 spiro atoms. The summed E-state index contributed by atoms with van der Waals surface area (Å²) in [6, 6.07) is 8.57. The van der Waals surface area contributed by atoms with Gasteiger partial charge in [-0.2, -0.15) is 0 Å². The van der Waals surface area contributed by atoms with Crippen LogP contribution in [-0.4, -0.2) is 25.4 Å². The van der Waals surface area contributed by atoms with E-state index in [0.29, 0.717) is 30.3 Å². The third-order valence-corrected chi connectivity index (χ3v) is 3.50. The highest BCUT2D eigenvalue weighted by Gasteiger charge is 2.16. The molecule has 20 heavy (non-hydrogen) atoms. The van der Waals surface area contributed by atoms with Crippen LogP contribution in [0.25, 0.3) is 0 Å².